The fraction of sp³-hybridized carbons (Fsp3) is 0.545. The van der Waals surface area contributed by atoms with Crippen molar-refractivity contribution in [3.8, 4) is 0 Å². The molecule has 7 heteroatoms. The molecule has 1 aromatic heterocycles. The Hall–Kier alpha value is -1.96. The monoisotopic (exact) mass is 413 g/mol. The number of hydrogen-bond donors (Lipinski definition) is 1. The van der Waals surface area contributed by atoms with Crippen LogP contribution >= 0.6 is 12.2 Å². The normalized spacial score (nSPS) is 18.2. The van der Waals surface area contributed by atoms with Gasteiger partial charge < -0.3 is 19.9 Å². The lowest BCUT2D eigenvalue weighted by Crippen LogP contribution is -2.52. The summed E-state index contributed by atoms with van der Waals surface area (Å²) in [5.74, 6) is 1.07. The fourth-order valence-electron chi connectivity index (χ4n) is 4.07. The largest absolute Gasteiger partial charge is 0.379 e. The Bertz CT molecular complexity index is 831. The molecule has 0 atom stereocenters. The number of piperazine rings is 1. The van der Waals surface area contributed by atoms with Crippen molar-refractivity contribution in [2.45, 2.75) is 13.3 Å². The number of fused-ring (bicyclic) bond motifs is 1. The number of aryl methyl sites for hydroxylation is 1. The molecular formula is C22H31N5OS. The van der Waals surface area contributed by atoms with Gasteiger partial charge in [-0.05, 0) is 49.8 Å². The first-order chi connectivity index (χ1) is 14.2. The van der Waals surface area contributed by atoms with Crippen LogP contribution in [0.25, 0.3) is 10.9 Å². The van der Waals surface area contributed by atoms with Gasteiger partial charge in [0.15, 0.2) is 5.11 Å². The molecule has 2 aromatic rings. The van der Waals surface area contributed by atoms with Gasteiger partial charge in [0.25, 0.3) is 0 Å². The van der Waals surface area contributed by atoms with E-state index in [9.17, 15) is 0 Å². The number of anilines is 1. The SMILES string of the molecule is Cc1cc(N2CCN(C(=S)NCCCN3CCOCC3)CC2)nc2ccccc12. The molecule has 0 aliphatic carbocycles. The second-order valence-corrected chi connectivity index (χ2v) is 8.21. The van der Waals surface area contributed by atoms with Crippen molar-refractivity contribution in [1.29, 1.82) is 0 Å². The van der Waals surface area contributed by atoms with Crippen molar-refractivity contribution in [2.75, 3.05) is 70.5 Å². The van der Waals surface area contributed by atoms with E-state index in [4.69, 9.17) is 21.9 Å². The molecule has 0 bridgehead atoms. The predicted molar refractivity (Wildman–Crippen MR) is 123 cm³/mol. The van der Waals surface area contributed by atoms with Gasteiger partial charge in [-0.2, -0.15) is 0 Å². The van der Waals surface area contributed by atoms with Gasteiger partial charge in [-0.1, -0.05) is 18.2 Å². The topological polar surface area (TPSA) is 43.9 Å². The Morgan fingerprint density at radius 2 is 1.86 bits per heavy atom. The summed E-state index contributed by atoms with van der Waals surface area (Å²) in [5.41, 5.74) is 2.35. The molecule has 4 rings (SSSR count). The summed E-state index contributed by atoms with van der Waals surface area (Å²) in [6.45, 7) is 11.8. The van der Waals surface area contributed by atoms with Crippen LogP contribution in [0, 0.1) is 6.92 Å². The van der Waals surface area contributed by atoms with E-state index in [1.807, 2.05) is 0 Å². The maximum atomic E-state index is 5.63. The highest BCUT2D eigenvalue weighted by atomic mass is 32.1. The molecule has 156 valence electrons. The van der Waals surface area contributed by atoms with Crippen LogP contribution in [0.2, 0.25) is 0 Å². The number of morpholine rings is 1. The van der Waals surface area contributed by atoms with E-state index < -0.39 is 0 Å². The Morgan fingerprint density at radius 3 is 2.66 bits per heavy atom. The van der Waals surface area contributed by atoms with Gasteiger partial charge in [0, 0.05) is 51.2 Å². The molecule has 1 aromatic carbocycles. The molecule has 0 spiro atoms. The molecule has 0 radical (unpaired) electrons. The summed E-state index contributed by atoms with van der Waals surface area (Å²) in [6, 6.07) is 10.6. The van der Waals surface area contributed by atoms with Crippen LogP contribution in [-0.4, -0.2) is 85.5 Å². The summed E-state index contributed by atoms with van der Waals surface area (Å²) in [5, 5.41) is 5.56. The number of pyridine rings is 1. The lowest BCUT2D eigenvalue weighted by Gasteiger charge is -2.37. The molecule has 0 unspecified atom stereocenters. The van der Waals surface area contributed by atoms with Crippen molar-refractivity contribution in [3.63, 3.8) is 0 Å². The van der Waals surface area contributed by atoms with Crippen molar-refractivity contribution in [2.24, 2.45) is 0 Å². The molecule has 0 amide bonds. The first kappa shape index (κ1) is 20.3. The third kappa shape index (κ3) is 5.15. The molecule has 1 N–H and O–H groups in total. The Morgan fingerprint density at radius 1 is 1.10 bits per heavy atom. The van der Waals surface area contributed by atoms with Crippen molar-refractivity contribution >= 4 is 34.1 Å². The Kier molecular flexibility index (Phi) is 6.79. The maximum absolute atomic E-state index is 5.63. The fourth-order valence-corrected chi connectivity index (χ4v) is 4.35. The van der Waals surface area contributed by atoms with Crippen LogP contribution in [0.15, 0.2) is 30.3 Å². The van der Waals surface area contributed by atoms with Gasteiger partial charge in [-0.3, -0.25) is 4.90 Å². The average molecular weight is 414 g/mol. The minimum atomic E-state index is 0.863. The second-order valence-electron chi connectivity index (χ2n) is 7.83. The number of ether oxygens (including phenoxy) is 1. The summed E-state index contributed by atoms with van der Waals surface area (Å²) in [4.78, 5) is 12.0. The molecule has 6 nitrogen and oxygen atoms in total. The second kappa shape index (κ2) is 9.69. The van der Waals surface area contributed by atoms with Crippen LogP contribution in [0.1, 0.15) is 12.0 Å². The van der Waals surface area contributed by atoms with Gasteiger partial charge in [0.2, 0.25) is 0 Å². The van der Waals surface area contributed by atoms with Gasteiger partial charge in [0.05, 0.1) is 18.7 Å². The number of rotatable bonds is 5. The number of para-hydroxylation sites is 1. The number of aromatic nitrogens is 1. The summed E-state index contributed by atoms with van der Waals surface area (Å²) in [6.07, 6.45) is 1.11. The highest BCUT2D eigenvalue weighted by Gasteiger charge is 2.20. The van der Waals surface area contributed by atoms with E-state index in [2.05, 4.69) is 57.3 Å². The number of nitrogens with one attached hydrogen (secondary N) is 1. The van der Waals surface area contributed by atoms with E-state index in [0.717, 1.165) is 88.4 Å². The standard InChI is InChI=1S/C22H31N5OS/c1-18-17-21(24-20-6-3-2-5-19(18)20)26-9-11-27(12-10-26)22(29)23-7-4-8-25-13-15-28-16-14-25/h2-3,5-6,17H,4,7-16H2,1H3,(H,23,29). The van der Waals surface area contributed by atoms with Crippen LogP contribution in [-0.2, 0) is 4.74 Å². The first-order valence-corrected chi connectivity index (χ1v) is 11.1. The van der Waals surface area contributed by atoms with Crippen LogP contribution in [0.5, 0.6) is 0 Å². The van der Waals surface area contributed by atoms with Crippen LogP contribution in [0.3, 0.4) is 0 Å². The van der Waals surface area contributed by atoms with Crippen molar-refractivity contribution in [3.05, 3.63) is 35.9 Å². The van der Waals surface area contributed by atoms with Gasteiger partial charge in [0.1, 0.15) is 5.82 Å². The quantitative estimate of drug-likeness (QED) is 0.596. The number of benzene rings is 1. The van der Waals surface area contributed by atoms with E-state index in [-0.39, 0.29) is 0 Å². The molecule has 0 saturated carbocycles. The lowest BCUT2D eigenvalue weighted by molar-refractivity contribution is 0.0376. The number of nitrogens with zero attached hydrogens (tertiary/aromatic N) is 4. The number of hydrogen-bond acceptors (Lipinski definition) is 5. The molecule has 3 heterocycles. The van der Waals surface area contributed by atoms with Crippen molar-refractivity contribution < 1.29 is 4.74 Å². The Labute approximate surface area is 178 Å². The van der Waals surface area contributed by atoms with E-state index in [1.54, 1.807) is 0 Å². The van der Waals surface area contributed by atoms with Crippen LogP contribution < -0.4 is 10.2 Å². The first-order valence-electron chi connectivity index (χ1n) is 10.6. The van der Waals surface area contributed by atoms with Gasteiger partial charge in [-0.25, -0.2) is 4.98 Å². The van der Waals surface area contributed by atoms with Crippen LogP contribution in [0.4, 0.5) is 5.82 Å². The lowest BCUT2D eigenvalue weighted by atomic mass is 10.1. The zero-order chi connectivity index (χ0) is 20.1. The highest BCUT2D eigenvalue weighted by molar-refractivity contribution is 7.80. The summed E-state index contributed by atoms with van der Waals surface area (Å²) >= 11 is 5.63. The maximum Gasteiger partial charge on any atom is 0.169 e. The molecule has 29 heavy (non-hydrogen) atoms. The minimum Gasteiger partial charge on any atom is -0.379 e. The zero-order valence-corrected chi connectivity index (χ0v) is 18.1. The molecule has 2 fully saturated rings. The molecular weight excluding hydrogens is 382 g/mol. The van der Waals surface area contributed by atoms with Gasteiger partial charge in [-0.15, -0.1) is 0 Å². The van der Waals surface area contributed by atoms with E-state index in [0.29, 0.717) is 0 Å². The van der Waals surface area contributed by atoms with E-state index >= 15 is 0 Å². The minimum absolute atomic E-state index is 0.863. The third-order valence-electron chi connectivity index (χ3n) is 5.83. The van der Waals surface area contributed by atoms with E-state index in [1.165, 1.54) is 10.9 Å². The predicted octanol–water partition coefficient (Wildman–Crippen LogP) is 2.26. The van der Waals surface area contributed by atoms with Gasteiger partial charge >= 0.3 is 0 Å². The number of thiocarbonyl (C=S) groups is 1. The molecule has 2 aliphatic rings. The van der Waals surface area contributed by atoms with Crippen molar-refractivity contribution in [1.82, 2.24) is 20.1 Å². The third-order valence-corrected chi connectivity index (χ3v) is 6.23. The summed E-state index contributed by atoms with van der Waals surface area (Å²) < 4.78 is 5.40. The average Bonchev–Trinajstić information content (AvgIpc) is 2.77. The summed E-state index contributed by atoms with van der Waals surface area (Å²) in [7, 11) is 0. The zero-order valence-electron chi connectivity index (χ0n) is 17.3. The molecule has 2 aliphatic heterocycles. The Balaban J connectivity index is 1.23. The molecule has 2 saturated heterocycles. The smallest absolute Gasteiger partial charge is 0.169 e. The highest BCUT2D eigenvalue weighted by Crippen LogP contribution is 2.23.